The fraction of sp³-hybridized carbons (Fsp3) is 0.273. The number of benzene rings is 1. The summed E-state index contributed by atoms with van der Waals surface area (Å²) >= 11 is 0. The molecule has 0 radical (unpaired) electrons. The van der Waals surface area contributed by atoms with Gasteiger partial charge < -0.3 is 5.11 Å². The van der Waals surface area contributed by atoms with Crippen molar-refractivity contribution in [1.29, 1.82) is 5.26 Å². The number of hydrogen-bond acceptors (Lipinski definition) is 4. The minimum absolute atomic E-state index is 0.0526. The summed E-state index contributed by atoms with van der Waals surface area (Å²) < 4.78 is 25.8. The van der Waals surface area contributed by atoms with Crippen LogP contribution in [0.3, 0.4) is 0 Å². The van der Waals surface area contributed by atoms with Gasteiger partial charge in [-0.05, 0) is 30.7 Å². The van der Waals surface area contributed by atoms with Crippen LogP contribution in [0.25, 0.3) is 0 Å². The van der Waals surface area contributed by atoms with E-state index >= 15 is 0 Å². The standard InChI is InChI=1S/C11H12N2O4S/c12-8-9-3-5-10(6-4-9)18(16,17)13-7-1-2-11(14)15/h3-6,13H,1-2,7H2,(H,14,15). The molecule has 0 saturated carbocycles. The monoisotopic (exact) mass is 268 g/mol. The Kier molecular flexibility index (Phi) is 4.83. The van der Waals surface area contributed by atoms with Gasteiger partial charge in [0.2, 0.25) is 10.0 Å². The number of aliphatic carboxylic acids is 1. The van der Waals surface area contributed by atoms with E-state index in [0.29, 0.717) is 5.56 Å². The van der Waals surface area contributed by atoms with Gasteiger partial charge in [-0.3, -0.25) is 4.79 Å². The van der Waals surface area contributed by atoms with Crippen LogP contribution in [0.15, 0.2) is 29.2 Å². The predicted octanol–water partition coefficient (Wildman–Crippen LogP) is 0.701. The van der Waals surface area contributed by atoms with Crippen LogP contribution in [0.5, 0.6) is 0 Å². The van der Waals surface area contributed by atoms with E-state index in [4.69, 9.17) is 10.4 Å². The molecule has 0 bridgehead atoms. The smallest absolute Gasteiger partial charge is 0.303 e. The molecule has 0 aliphatic heterocycles. The van der Waals surface area contributed by atoms with E-state index in [0.717, 1.165) is 0 Å². The van der Waals surface area contributed by atoms with Crippen LogP contribution in [0, 0.1) is 11.3 Å². The van der Waals surface area contributed by atoms with Gasteiger partial charge in [0.15, 0.2) is 0 Å². The molecule has 1 rings (SSSR count). The van der Waals surface area contributed by atoms with E-state index in [1.54, 1.807) is 0 Å². The van der Waals surface area contributed by atoms with Crippen LogP contribution < -0.4 is 4.72 Å². The Morgan fingerprint density at radius 2 is 1.94 bits per heavy atom. The zero-order valence-corrected chi connectivity index (χ0v) is 10.3. The summed E-state index contributed by atoms with van der Waals surface area (Å²) in [4.78, 5) is 10.3. The number of carbonyl (C=O) groups is 1. The first kappa shape index (κ1) is 14.2. The lowest BCUT2D eigenvalue weighted by molar-refractivity contribution is -0.137. The maximum absolute atomic E-state index is 11.7. The molecule has 6 nitrogen and oxygen atoms in total. The lowest BCUT2D eigenvalue weighted by Gasteiger charge is -2.05. The number of nitriles is 1. The number of rotatable bonds is 6. The van der Waals surface area contributed by atoms with Gasteiger partial charge in [0, 0.05) is 13.0 Å². The number of nitrogens with zero attached hydrogens (tertiary/aromatic N) is 1. The molecule has 0 aliphatic rings. The Morgan fingerprint density at radius 3 is 2.44 bits per heavy atom. The van der Waals surface area contributed by atoms with E-state index in [9.17, 15) is 13.2 Å². The molecular weight excluding hydrogens is 256 g/mol. The number of nitrogens with one attached hydrogen (secondary N) is 1. The van der Waals surface area contributed by atoms with E-state index in [1.165, 1.54) is 24.3 Å². The number of sulfonamides is 1. The Balaban J connectivity index is 2.63. The molecule has 18 heavy (non-hydrogen) atoms. The van der Waals surface area contributed by atoms with Gasteiger partial charge in [0.1, 0.15) is 0 Å². The Bertz CT molecular complexity index is 558. The van der Waals surface area contributed by atoms with Crippen molar-refractivity contribution < 1.29 is 18.3 Å². The molecule has 0 aliphatic carbocycles. The fourth-order valence-corrected chi connectivity index (χ4v) is 2.31. The second-order valence-electron chi connectivity index (χ2n) is 3.53. The van der Waals surface area contributed by atoms with Crippen LogP contribution in [-0.4, -0.2) is 26.0 Å². The highest BCUT2D eigenvalue weighted by molar-refractivity contribution is 7.89. The van der Waals surface area contributed by atoms with Crippen molar-refractivity contribution in [3.05, 3.63) is 29.8 Å². The zero-order chi connectivity index (χ0) is 13.6. The lowest BCUT2D eigenvalue weighted by Crippen LogP contribution is -2.25. The van der Waals surface area contributed by atoms with Crippen molar-refractivity contribution in [3.63, 3.8) is 0 Å². The molecule has 0 spiro atoms. The van der Waals surface area contributed by atoms with Crippen molar-refractivity contribution in [3.8, 4) is 6.07 Å². The third-order valence-corrected chi connectivity index (χ3v) is 3.63. The van der Waals surface area contributed by atoms with Gasteiger partial charge in [-0.25, -0.2) is 13.1 Å². The van der Waals surface area contributed by atoms with Gasteiger partial charge in [-0.1, -0.05) is 0 Å². The summed E-state index contributed by atoms with van der Waals surface area (Å²) in [6.07, 6.45) is 0.140. The highest BCUT2D eigenvalue weighted by atomic mass is 32.2. The number of carboxylic acids is 1. The summed E-state index contributed by atoms with van der Waals surface area (Å²) in [6, 6.07) is 7.37. The summed E-state index contributed by atoms with van der Waals surface area (Å²) in [5.74, 6) is -0.965. The number of carboxylic acid groups (broad SMARTS) is 1. The highest BCUT2D eigenvalue weighted by Crippen LogP contribution is 2.09. The van der Waals surface area contributed by atoms with E-state index in [-0.39, 0.29) is 24.3 Å². The summed E-state index contributed by atoms with van der Waals surface area (Å²) in [5.41, 5.74) is 0.375. The molecule has 0 aromatic heterocycles. The molecule has 0 fully saturated rings. The average molecular weight is 268 g/mol. The molecule has 1 aromatic rings. The maximum atomic E-state index is 11.7. The van der Waals surface area contributed by atoms with Gasteiger partial charge >= 0.3 is 5.97 Å². The summed E-state index contributed by atoms with van der Waals surface area (Å²) in [6.45, 7) is 0.0641. The average Bonchev–Trinajstić information content (AvgIpc) is 2.34. The molecule has 2 N–H and O–H groups in total. The normalized spacial score (nSPS) is 10.8. The van der Waals surface area contributed by atoms with E-state index in [2.05, 4.69) is 4.72 Å². The third-order valence-electron chi connectivity index (χ3n) is 2.15. The van der Waals surface area contributed by atoms with Gasteiger partial charge in [-0.15, -0.1) is 0 Å². The Morgan fingerprint density at radius 1 is 1.33 bits per heavy atom. The quantitative estimate of drug-likeness (QED) is 0.738. The van der Waals surface area contributed by atoms with Gasteiger partial charge in [-0.2, -0.15) is 5.26 Å². The van der Waals surface area contributed by atoms with Crippen LogP contribution in [0.4, 0.5) is 0 Å². The van der Waals surface area contributed by atoms with Crippen molar-refractivity contribution in [1.82, 2.24) is 4.72 Å². The SMILES string of the molecule is N#Cc1ccc(S(=O)(=O)NCCCC(=O)O)cc1. The van der Waals surface area contributed by atoms with Gasteiger partial charge in [0.05, 0.1) is 16.5 Å². The van der Waals surface area contributed by atoms with Crippen molar-refractivity contribution in [2.24, 2.45) is 0 Å². The molecule has 96 valence electrons. The largest absolute Gasteiger partial charge is 0.481 e. The first-order valence-corrected chi connectivity index (χ1v) is 6.65. The van der Waals surface area contributed by atoms with Crippen LogP contribution in [-0.2, 0) is 14.8 Å². The minimum atomic E-state index is -3.64. The van der Waals surface area contributed by atoms with Gasteiger partial charge in [0.25, 0.3) is 0 Å². The third kappa shape index (κ3) is 4.16. The molecule has 1 aromatic carbocycles. The van der Waals surface area contributed by atoms with E-state index in [1.807, 2.05) is 6.07 Å². The first-order valence-electron chi connectivity index (χ1n) is 5.17. The maximum Gasteiger partial charge on any atom is 0.303 e. The molecule has 7 heteroatoms. The Labute approximate surface area is 105 Å². The first-order chi connectivity index (χ1) is 8.45. The molecular formula is C11H12N2O4S. The topological polar surface area (TPSA) is 107 Å². The van der Waals surface area contributed by atoms with Crippen molar-refractivity contribution >= 4 is 16.0 Å². The molecule has 0 heterocycles. The zero-order valence-electron chi connectivity index (χ0n) is 9.46. The van der Waals surface area contributed by atoms with Crippen LogP contribution >= 0.6 is 0 Å². The highest BCUT2D eigenvalue weighted by Gasteiger charge is 2.13. The van der Waals surface area contributed by atoms with Crippen LogP contribution in [0.2, 0.25) is 0 Å². The molecule has 0 unspecified atom stereocenters. The Hall–Kier alpha value is -1.91. The number of hydrogen-bond donors (Lipinski definition) is 2. The van der Waals surface area contributed by atoms with Crippen LogP contribution in [0.1, 0.15) is 18.4 Å². The second-order valence-corrected chi connectivity index (χ2v) is 5.30. The fourth-order valence-electron chi connectivity index (χ4n) is 1.24. The van der Waals surface area contributed by atoms with Crippen molar-refractivity contribution in [2.75, 3.05) is 6.54 Å². The lowest BCUT2D eigenvalue weighted by atomic mass is 10.2. The molecule has 0 saturated heterocycles. The van der Waals surface area contributed by atoms with Crippen molar-refractivity contribution in [2.45, 2.75) is 17.7 Å². The predicted molar refractivity (Wildman–Crippen MR) is 63.2 cm³/mol. The molecule has 0 amide bonds. The summed E-state index contributed by atoms with van der Waals surface area (Å²) in [5, 5.41) is 17.0. The molecule has 0 atom stereocenters. The van der Waals surface area contributed by atoms with E-state index < -0.39 is 16.0 Å². The minimum Gasteiger partial charge on any atom is -0.481 e. The summed E-state index contributed by atoms with van der Waals surface area (Å²) in [7, 11) is -3.64. The second kappa shape index (κ2) is 6.14.